The average Bonchev–Trinajstić information content (AvgIpc) is 2.66. The highest BCUT2D eigenvalue weighted by molar-refractivity contribution is 8.01. The van der Waals surface area contributed by atoms with Crippen molar-refractivity contribution >= 4 is 18.0 Å². The van der Waals surface area contributed by atoms with E-state index in [9.17, 15) is 4.79 Å². The van der Waals surface area contributed by atoms with E-state index >= 15 is 0 Å². The third-order valence-electron chi connectivity index (χ3n) is 1.67. The van der Waals surface area contributed by atoms with E-state index in [0.717, 1.165) is 12.2 Å². The van der Waals surface area contributed by atoms with Crippen molar-refractivity contribution in [3.05, 3.63) is 0 Å². The van der Waals surface area contributed by atoms with Crippen LogP contribution >= 0.6 is 11.8 Å². The van der Waals surface area contributed by atoms with E-state index in [2.05, 4.69) is 0 Å². The summed E-state index contributed by atoms with van der Waals surface area (Å²) in [5.41, 5.74) is 0. The normalized spacial score (nSPS) is 19.0. The average molecular weight is 158 g/mol. The van der Waals surface area contributed by atoms with E-state index in [1.54, 1.807) is 11.8 Å². The highest BCUT2D eigenvalue weighted by Crippen LogP contribution is 2.36. The molecular weight excluding hydrogens is 144 g/mol. The molecule has 0 unspecified atom stereocenters. The topological polar surface area (TPSA) is 17.1 Å². The summed E-state index contributed by atoms with van der Waals surface area (Å²) in [5.74, 6) is 2.09. The number of rotatable bonds is 4. The molecule has 0 spiro atoms. The van der Waals surface area contributed by atoms with Crippen LogP contribution in [0.2, 0.25) is 0 Å². The lowest BCUT2D eigenvalue weighted by Gasteiger charge is -2.14. The maximum absolute atomic E-state index is 10.4. The Labute approximate surface area is 66.6 Å². The Hall–Kier alpha value is 0.0200. The van der Waals surface area contributed by atoms with Gasteiger partial charge in [0.15, 0.2) is 0 Å². The molecule has 0 aromatic heterocycles. The molecule has 0 N–H and O–H groups in total. The SMILES string of the molecule is CC(C)(C=O)SCC1CC1. The van der Waals surface area contributed by atoms with Crippen molar-refractivity contribution in [1.82, 2.24) is 0 Å². The second kappa shape index (κ2) is 2.95. The predicted molar refractivity (Wildman–Crippen MR) is 45.3 cm³/mol. The zero-order valence-electron chi connectivity index (χ0n) is 6.59. The molecule has 58 valence electrons. The summed E-state index contributed by atoms with van der Waals surface area (Å²) in [5, 5.41) is 0. The summed E-state index contributed by atoms with van der Waals surface area (Å²) in [7, 11) is 0. The van der Waals surface area contributed by atoms with Crippen LogP contribution in [0, 0.1) is 5.92 Å². The van der Waals surface area contributed by atoms with E-state index in [4.69, 9.17) is 0 Å². The van der Waals surface area contributed by atoms with Crippen molar-refractivity contribution in [3.63, 3.8) is 0 Å². The highest BCUT2D eigenvalue weighted by atomic mass is 32.2. The number of aldehydes is 1. The van der Waals surface area contributed by atoms with Gasteiger partial charge in [0.05, 0.1) is 4.75 Å². The van der Waals surface area contributed by atoms with Crippen LogP contribution in [0.5, 0.6) is 0 Å². The third kappa shape index (κ3) is 2.74. The maximum Gasteiger partial charge on any atom is 0.135 e. The number of hydrogen-bond acceptors (Lipinski definition) is 2. The summed E-state index contributed by atoms with van der Waals surface area (Å²) in [6, 6.07) is 0. The molecule has 1 aliphatic rings. The molecule has 1 rings (SSSR count). The second-order valence-corrected chi connectivity index (χ2v) is 5.15. The van der Waals surface area contributed by atoms with Crippen LogP contribution in [0.1, 0.15) is 26.7 Å². The second-order valence-electron chi connectivity index (χ2n) is 3.48. The lowest BCUT2D eigenvalue weighted by molar-refractivity contribution is -0.109. The van der Waals surface area contributed by atoms with Gasteiger partial charge in [-0.15, -0.1) is 11.8 Å². The van der Waals surface area contributed by atoms with E-state index in [1.165, 1.54) is 18.6 Å². The molecule has 0 aromatic carbocycles. The summed E-state index contributed by atoms with van der Waals surface area (Å²) in [6.07, 6.45) is 3.80. The Bertz CT molecular complexity index is 127. The molecule has 1 nitrogen and oxygen atoms in total. The molecule has 0 radical (unpaired) electrons. The summed E-state index contributed by atoms with van der Waals surface area (Å²) in [6.45, 7) is 3.96. The van der Waals surface area contributed by atoms with Gasteiger partial charge in [0.25, 0.3) is 0 Å². The molecule has 0 saturated heterocycles. The molecule has 1 fully saturated rings. The Morgan fingerprint density at radius 2 is 2.20 bits per heavy atom. The minimum atomic E-state index is -0.150. The molecule has 0 aliphatic heterocycles. The number of thioether (sulfide) groups is 1. The molecule has 2 heteroatoms. The van der Waals surface area contributed by atoms with Crippen molar-refractivity contribution in [2.45, 2.75) is 31.4 Å². The lowest BCUT2D eigenvalue weighted by Crippen LogP contribution is -2.17. The minimum absolute atomic E-state index is 0.150. The summed E-state index contributed by atoms with van der Waals surface area (Å²) in [4.78, 5) is 10.4. The van der Waals surface area contributed by atoms with E-state index in [-0.39, 0.29) is 4.75 Å². The van der Waals surface area contributed by atoms with Gasteiger partial charge in [-0.05, 0) is 38.4 Å². The van der Waals surface area contributed by atoms with Crippen LogP contribution in [0.3, 0.4) is 0 Å². The van der Waals surface area contributed by atoms with E-state index in [0.29, 0.717) is 0 Å². The molecule has 0 amide bonds. The van der Waals surface area contributed by atoms with E-state index < -0.39 is 0 Å². The van der Waals surface area contributed by atoms with Gasteiger partial charge in [0, 0.05) is 0 Å². The zero-order chi connectivity index (χ0) is 7.61. The van der Waals surface area contributed by atoms with Crippen LogP contribution in [0.15, 0.2) is 0 Å². The Balaban J connectivity index is 2.14. The van der Waals surface area contributed by atoms with Gasteiger partial charge in [-0.1, -0.05) is 0 Å². The van der Waals surface area contributed by atoms with Crippen molar-refractivity contribution in [2.24, 2.45) is 5.92 Å². The van der Waals surface area contributed by atoms with Gasteiger partial charge in [-0.3, -0.25) is 0 Å². The van der Waals surface area contributed by atoms with Gasteiger partial charge < -0.3 is 4.79 Å². The van der Waals surface area contributed by atoms with Gasteiger partial charge >= 0.3 is 0 Å². The maximum atomic E-state index is 10.4. The monoisotopic (exact) mass is 158 g/mol. The first-order valence-corrected chi connectivity index (χ1v) is 4.73. The van der Waals surface area contributed by atoms with Gasteiger partial charge in [-0.25, -0.2) is 0 Å². The molecule has 0 bridgehead atoms. The first kappa shape index (κ1) is 8.12. The molecule has 1 saturated carbocycles. The Morgan fingerprint density at radius 3 is 2.60 bits per heavy atom. The van der Waals surface area contributed by atoms with Crippen molar-refractivity contribution < 1.29 is 4.79 Å². The fraction of sp³-hybridized carbons (Fsp3) is 0.875. The fourth-order valence-electron chi connectivity index (χ4n) is 0.651. The smallest absolute Gasteiger partial charge is 0.135 e. The summed E-state index contributed by atoms with van der Waals surface area (Å²) >= 11 is 1.78. The predicted octanol–water partition coefficient (Wildman–Crippen LogP) is 2.11. The first-order chi connectivity index (χ1) is 4.64. The molecule has 0 heterocycles. The van der Waals surface area contributed by atoms with Crippen LogP contribution in [-0.4, -0.2) is 16.8 Å². The van der Waals surface area contributed by atoms with Crippen molar-refractivity contribution in [1.29, 1.82) is 0 Å². The van der Waals surface area contributed by atoms with Gasteiger partial charge in [0.2, 0.25) is 0 Å². The largest absolute Gasteiger partial charge is 0.302 e. The number of carbonyl (C=O) groups excluding carboxylic acids is 1. The van der Waals surface area contributed by atoms with Crippen LogP contribution < -0.4 is 0 Å². The lowest BCUT2D eigenvalue weighted by atomic mass is 10.2. The standard InChI is InChI=1S/C8H14OS/c1-8(2,6-9)10-5-7-3-4-7/h6-7H,3-5H2,1-2H3. The summed E-state index contributed by atoms with van der Waals surface area (Å²) < 4.78 is -0.150. The number of carbonyl (C=O) groups is 1. The Morgan fingerprint density at radius 1 is 1.60 bits per heavy atom. The Kier molecular flexibility index (Phi) is 2.40. The highest BCUT2D eigenvalue weighted by Gasteiger charge is 2.25. The fourth-order valence-corrected chi connectivity index (χ4v) is 1.72. The van der Waals surface area contributed by atoms with Crippen LogP contribution in [0.4, 0.5) is 0 Å². The van der Waals surface area contributed by atoms with Gasteiger partial charge in [0.1, 0.15) is 6.29 Å². The van der Waals surface area contributed by atoms with Crippen molar-refractivity contribution in [3.8, 4) is 0 Å². The van der Waals surface area contributed by atoms with Gasteiger partial charge in [-0.2, -0.15) is 0 Å². The first-order valence-electron chi connectivity index (χ1n) is 3.74. The number of hydrogen-bond donors (Lipinski definition) is 0. The molecular formula is C8H14OS. The molecule has 1 aliphatic carbocycles. The molecule has 10 heavy (non-hydrogen) atoms. The quantitative estimate of drug-likeness (QED) is 0.583. The molecule has 0 atom stereocenters. The van der Waals surface area contributed by atoms with Crippen LogP contribution in [0.25, 0.3) is 0 Å². The van der Waals surface area contributed by atoms with E-state index in [1.807, 2.05) is 13.8 Å². The van der Waals surface area contributed by atoms with Crippen molar-refractivity contribution in [2.75, 3.05) is 5.75 Å². The third-order valence-corrected chi connectivity index (χ3v) is 3.15. The molecule has 0 aromatic rings. The minimum Gasteiger partial charge on any atom is -0.302 e. The zero-order valence-corrected chi connectivity index (χ0v) is 7.41. The van der Waals surface area contributed by atoms with Crippen LogP contribution in [-0.2, 0) is 4.79 Å².